The molecule has 25 heavy (non-hydrogen) atoms. The van der Waals surface area contributed by atoms with E-state index in [2.05, 4.69) is 37.3 Å². The third-order valence-electron chi connectivity index (χ3n) is 6.11. The van der Waals surface area contributed by atoms with E-state index in [1.807, 2.05) is 0 Å². The summed E-state index contributed by atoms with van der Waals surface area (Å²) in [6, 6.07) is 11.2. The van der Waals surface area contributed by atoms with Gasteiger partial charge in [0, 0.05) is 5.56 Å². The van der Waals surface area contributed by atoms with Crippen LogP contribution in [-0.4, -0.2) is 24.1 Å². The molecule has 0 spiro atoms. The highest BCUT2D eigenvalue weighted by atomic mass is 15.4. The second-order valence-corrected chi connectivity index (χ2v) is 8.40. The Morgan fingerprint density at radius 2 is 1.24 bits per heavy atom. The molecule has 0 aromatic heterocycles. The van der Waals surface area contributed by atoms with Crippen LogP contribution in [0.15, 0.2) is 30.3 Å². The summed E-state index contributed by atoms with van der Waals surface area (Å²) in [5.74, 6) is 0. The van der Waals surface area contributed by atoms with Gasteiger partial charge in [-0.05, 0) is 32.1 Å². The summed E-state index contributed by atoms with van der Waals surface area (Å²) >= 11 is 0. The van der Waals surface area contributed by atoms with E-state index in [1.165, 1.54) is 120 Å². The fraction of sp³-hybridized carbons (Fsp3) is 0.750. The highest BCUT2D eigenvalue weighted by molar-refractivity contribution is 5.13. The van der Waals surface area contributed by atoms with E-state index in [0.29, 0.717) is 0 Å². The van der Waals surface area contributed by atoms with Crippen LogP contribution in [0.4, 0.5) is 0 Å². The lowest BCUT2D eigenvalue weighted by Crippen LogP contribution is -2.51. The zero-order valence-electron chi connectivity index (χ0n) is 16.9. The van der Waals surface area contributed by atoms with E-state index in [4.69, 9.17) is 0 Å². The average Bonchev–Trinajstić information content (AvgIpc) is 2.65. The van der Waals surface area contributed by atoms with Crippen LogP contribution in [-0.2, 0) is 6.54 Å². The first-order chi connectivity index (χ1) is 12.3. The summed E-state index contributed by atoms with van der Waals surface area (Å²) < 4.78 is 1.36. The number of hydrogen-bond donors (Lipinski definition) is 0. The predicted molar refractivity (Wildman–Crippen MR) is 111 cm³/mol. The van der Waals surface area contributed by atoms with E-state index in [0.717, 1.165) is 0 Å². The summed E-state index contributed by atoms with van der Waals surface area (Å²) in [5.41, 5.74) is 1.54. The highest BCUT2D eigenvalue weighted by Gasteiger charge is 2.29. The maximum Gasteiger partial charge on any atom is 0.104 e. The molecule has 1 heteroatoms. The van der Waals surface area contributed by atoms with Crippen LogP contribution in [0.5, 0.6) is 0 Å². The minimum Gasteiger partial charge on any atom is -0.320 e. The molecule has 0 saturated carbocycles. The van der Waals surface area contributed by atoms with Crippen molar-refractivity contribution in [3.05, 3.63) is 35.9 Å². The van der Waals surface area contributed by atoms with Crippen molar-refractivity contribution in [2.45, 2.75) is 96.9 Å². The summed E-state index contributed by atoms with van der Waals surface area (Å²) in [6.07, 6.45) is 18.8. The van der Waals surface area contributed by atoms with Crippen LogP contribution in [0, 0.1) is 0 Å². The third-order valence-corrected chi connectivity index (χ3v) is 6.11. The summed E-state index contributed by atoms with van der Waals surface area (Å²) in [7, 11) is 0. The van der Waals surface area contributed by atoms with Crippen molar-refractivity contribution in [2.75, 3.05) is 19.6 Å². The lowest BCUT2D eigenvalue weighted by Gasteiger charge is -2.42. The van der Waals surface area contributed by atoms with Gasteiger partial charge in [0.2, 0.25) is 0 Å². The van der Waals surface area contributed by atoms with E-state index in [-0.39, 0.29) is 0 Å². The molecule has 0 unspecified atom stereocenters. The topological polar surface area (TPSA) is 0 Å². The van der Waals surface area contributed by atoms with Gasteiger partial charge in [-0.3, -0.25) is 0 Å². The van der Waals surface area contributed by atoms with Crippen LogP contribution in [0.1, 0.15) is 96.0 Å². The van der Waals surface area contributed by atoms with E-state index in [1.54, 1.807) is 0 Å². The van der Waals surface area contributed by atoms with Crippen LogP contribution in [0.3, 0.4) is 0 Å². The minimum absolute atomic E-state index is 1.26. The zero-order chi connectivity index (χ0) is 17.6. The molecule has 1 aromatic rings. The Hall–Kier alpha value is -0.820. The van der Waals surface area contributed by atoms with Crippen LogP contribution in [0.2, 0.25) is 0 Å². The molecule has 1 fully saturated rings. The number of unbranched alkanes of at least 4 members (excludes halogenated alkanes) is 9. The molecule has 0 atom stereocenters. The molecular formula is C24H42N+. The molecule has 0 aliphatic carbocycles. The van der Waals surface area contributed by atoms with Gasteiger partial charge < -0.3 is 4.48 Å². The number of hydrogen-bond acceptors (Lipinski definition) is 0. The van der Waals surface area contributed by atoms with Crippen molar-refractivity contribution in [3.8, 4) is 0 Å². The van der Waals surface area contributed by atoms with Gasteiger partial charge in [0.1, 0.15) is 6.54 Å². The fourth-order valence-corrected chi connectivity index (χ4v) is 4.55. The second kappa shape index (κ2) is 12.5. The minimum atomic E-state index is 1.26. The van der Waals surface area contributed by atoms with Crippen LogP contribution in [0.25, 0.3) is 0 Å². The molecule has 1 saturated heterocycles. The molecule has 142 valence electrons. The van der Waals surface area contributed by atoms with Crippen molar-refractivity contribution >= 4 is 0 Å². The lowest BCUT2D eigenvalue weighted by molar-refractivity contribution is -0.945. The Labute approximate surface area is 157 Å². The zero-order valence-corrected chi connectivity index (χ0v) is 16.9. The first kappa shape index (κ1) is 20.5. The number of nitrogens with zero attached hydrogens (tertiary/aromatic N) is 1. The molecule has 0 bridgehead atoms. The third kappa shape index (κ3) is 8.40. The number of benzene rings is 1. The van der Waals surface area contributed by atoms with E-state index in [9.17, 15) is 0 Å². The van der Waals surface area contributed by atoms with Gasteiger partial charge in [0.15, 0.2) is 0 Å². The van der Waals surface area contributed by atoms with Gasteiger partial charge in [0.25, 0.3) is 0 Å². The Bertz CT molecular complexity index is 419. The SMILES string of the molecule is CCCCCCCCCCCC[N+]1(Cc2ccccc2)CCCCC1. The number of piperidine rings is 1. The molecule has 0 N–H and O–H groups in total. The standard InChI is InChI=1S/C24H42N/c1-2-3-4-5-6-7-8-9-10-15-20-25(21-16-12-17-22-25)23-24-18-13-11-14-19-24/h11,13-14,18-19H,2-10,12,15-17,20-23H2,1H3/q+1. The van der Waals surface area contributed by atoms with Crippen molar-refractivity contribution in [1.82, 2.24) is 0 Å². The van der Waals surface area contributed by atoms with Crippen molar-refractivity contribution in [3.63, 3.8) is 0 Å². The Morgan fingerprint density at radius 3 is 1.84 bits per heavy atom. The van der Waals surface area contributed by atoms with Crippen molar-refractivity contribution in [2.24, 2.45) is 0 Å². The molecule has 1 nitrogen and oxygen atoms in total. The first-order valence-electron chi connectivity index (χ1n) is 11.2. The largest absolute Gasteiger partial charge is 0.320 e. The van der Waals surface area contributed by atoms with Gasteiger partial charge in [-0.15, -0.1) is 0 Å². The Balaban J connectivity index is 1.62. The van der Waals surface area contributed by atoms with E-state index < -0.39 is 0 Å². The molecule has 1 aliphatic heterocycles. The Kier molecular flexibility index (Phi) is 10.3. The number of rotatable bonds is 13. The molecule has 1 heterocycles. The monoisotopic (exact) mass is 344 g/mol. The number of likely N-dealkylation sites (tertiary alicyclic amines) is 1. The maximum atomic E-state index is 2.33. The first-order valence-corrected chi connectivity index (χ1v) is 11.2. The van der Waals surface area contributed by atoms with Crippen LogP contribution >= 0.6 is 0 Å². The molecule has 0 amide bonds. The van der Waals surface area contributed by atoms with E-state index >= 15 is 0 Å². The fourth-order valence-electron chi connectivity index (χ4n) is 4.55. The lowest BCUT2D eigenvalue weighted by atomic mass is 10.0. The Morgan fingerprint density at radius 1 is 0.680 bits per heavy atom. The predicted octanol–water partition coefficient (Wildman–Crippen LogP) is 7.11. The molecule has 1 aliphatic rings. The summed E-state index contributed by atoms with van der Waals surface area (Å²) in [6.45, 7) is 7.79. The second-order valence-electron chi connectivity index (χ2n) is 8.40. The van der Waals surface area contributed by atoms with Gasteiger partial charge in [-0.1, -0.05) is 88.6 Å². The average molecular weight is 345 g/mol. The van der Waals surface area contributed by atoms with Gasteiger partial charge in [-0.25, -0.2) is 0 Å². The molecule has 0 radical (unpaired) electrons. The number of quaternary nitrogens is 1. The van der Waals surface area contributed by atoms with Crippen LogP contribution < -0.4 is 0 Å². The highest BCUT2D eigenvalue weighted by Crippen LogP contribution is 2.24. The summed E-state index contributed by atoms with van der Waals surface area (Å²) in [5, 5.41) is 0. The quantitative estimate of drug-likeness (QED) is 0.264. The normalized spacial score (nSPS) is 16.8. The van der Waals surface area contributed by atoms with Gasteiger partial charge in [-0.2, -0.15) is 0 Å². The molecule has 1 aromatic carbocycles. The molecule has 2 rings (SSSR count). The van der Waals surface area contributed by atoms with Crippen molar-refractivity contribution in [1.29, 1.82) is 0 Å². The maximum absolute atomic E-state index is 2.33. The molecular weight excluding hydrogens is 302 g/mol. The van der Waals surface area contributed by atoms with Gasteiger partial charge >= 0.3 is 0 Å². The van der Waals surface area contributed by atoms with Gasteiger partial charge in [0.05, 0.1) is 19.6 Å². The van der Waals surface area contributed by atoms with Crippen molar-refractivity contribution < 1.29 is 4.48 Å². The summed E-state index contributed by atoms with van der Waals surface area (Å²) in [4.78, 5) is 0. The smallest absolute Gasteiger partial charge is 0.104 e.